The number of hydrogen-bond donors (Lipinski definition) is 1. The maximum atomic E-state index is 5.87. The molecule has 0 aliphatic rings. The third-order valence-electron chi connectivity index (χ3n) is 2.90. The van der Waals surface area contributed by atoms with Gasteiger partial charge in [-0.3, -0.25) is 0 Å². The molecule has 0 fully saturated rings. The summed E-state index contributed by atoms with van der Waals surface area (Å²) in [4.78, 5) is 13.3. The van der Waals surface area contributed by atoms with E-state index in [2.05, 4.69) is 61.1 Å². The molecule has 0 atom stereocenters. The van der Waals surface area contributed by atoms with E-state index in [9.17, 15) is 0 Å². The van der Waals surface area contributed by atoms with E-state index in [0.29, 0.717) is 5.95 Å². The minimum atomic E-state index is 0.140. The average molecular weight is 275 g/mol. The van der Waals surface area contributed by atoms with Gasteiger partial charge in [-0.15, -0.1) is 0 Å². The zero-order valence-corrected chi connectivity index (χ0v) is 13.4. The Morgan fingerprint density at radius 1 is 1.05 bits per heavy atom. The van der Waals surface area contributed by atoms with Gasteiger partial charge < -0.3 is 10.3 Å². The predicted octanol–water partition coefficient (Wildman–Crippen LogP) is 3.04. The van der Waals surface area contributed by atoms with Crippen LogP contribution < -0.4 is 5.73 Å². The number of nitrogens with two attached hydrogens (primary N) is 1. The summed E-state index contributed by atoms with van der Waals surface area (Å²) in [7, 11) is 0. The third-order valence-corrected chi connectivity index (χ3v) is 2.90. The lowest BCUT2D eigenvalue weighted by Gasteiger charge is -2.19. The van der Waals surface area contributed by atoms with Crippen LogP contribution in [-0.4, -0.2) is 19.5 Å². The average Bonchev–Trinajstić information content (AvgIpc) is 2.56. The molecule has 0 radical (unpaired) electrons. The monoisotopic (exact) mass is 275 g/mol. The van der Waals surface area contributed by atoms with Crippen LogP contribution in [-0.2, 0) is 13.0 Å². The first-order valence-electron chi connectivity index (χ1n) is 7.02. The van der Waals surface area contributed by atoms with Gasteiger partial charge in [0.05, 0.1) is 12.0 Å². The zero-order valence-electron chi connectivity index (χ0n) is 13.4. The van der Waals surface area contributed by atoms with Crippen molar-refractivity contribution < 1.29 is 0 Å². The molecule has 0 unspecified atom stereocenters. The lowest BCUT2D eigenvalue weighted by molar-refractivity contribution is 0.347. The van der Waals surface area contributed by atoms with Gasteiger partial charge >= 0.3 is 0 Å². The number of aromatic nitrogens is 4. The number of rotatable bonds is 2. The standard InChI is InChI=1S/C15H25N5/c1-14(2,3)7-10-11-12(19-13(16)18-10)20(9-17-11)8-15(4,5)6/h9H,7-8H2,1-6H3,(H2,16,18,19). The molecular formula is C15H25N5. The molecule has 2 aromatic rings. The number of nitrogens with zero attached hydrogens (tertiary/aromatic N) is 4. The third kappa shape index (κ3) is 3.46. The number of hydrogen-bond acceptors (Lipinski definition) is 4. The van der Waals surface area contributed by atoms with Crippen molar-refractivity contribution in [3.05, 3.63) is 12.0 Å². The Balaban J connectivity index is 2.51. The van der Waals surface area contributed by atoms with Gasteiger partial charge in [-0.05, 0) is 17.3 Å². The Morgan fingerprint density at radius 2 is 1.70 bits per heavy atom. The van der Waals surface area contributed by atoms with Crippen LogP contribution in [0.5, 0.6) is 0 Å². The fraction of sp³-hybridized carbons (Fsp3) is 0.667. The van der Waals surface area contributed by atoms with E-state index >= 15 is 0 Å². The summed E-state index contributed by atoms with van der Waals surface area (Å²) in [6.07, 6.45) is 2.68. The van der Waals surface area contributed by atoms with E-state index in [1.807, 2.05) is 6.33 Å². The Kier molecular flexibility index (Phi) is 3.48. The highest BCUT2D eigenvalue weighted by Gasteiger charge is 2.20. The van der Waals surface area contributed by atoms with Crippen molar-refractivity contribution in [1.82, 2.24) is 19.5 Å². The Hall–Kier alpha value is -1.65. The van der Waals surface area contributed by atoms with Crippen LogP contribution in [0.2, 0.25) is 0 Å². The second-order valence-electron chi connectivity index (χ2n) is 7.87. The van der Waals surface area contributed by atoms with Gasteiger partial charge in [-0.25, -0.2) is 9.97 Å². The molecule has 0 saturated carbocycles. The molecule has 2 N–H and O–H groups in total. The van der Waals surface area contributed by atoms with Crippen molar-refractivity contribution in [2.45, 2.75) is 54.5 Å². The summed E-state index contributed by atoms with van der Waals surface area (Å²) < 4.78 is 2.07. The number of fused-ring (bicyclic) bond motifs is 1. The highest BCUT2D eigenvalue weighted by Crippen LogP contribution is 2.26. The van der Waals surface area contributed by atoms with Gasteiger partial charge in [0.25, 0.3) is 0 Å². The van der Waals surface area contributed by atoms with Crippen LogP contribution in [0.4, 0.5) is 5.95 Å². The normalized spacial score (nSPS) is 13.1. The van der Waals surface area contributed by atoms with Gasteiger partial charge in [0.1, 0.15) is 5.52 Å². The lowest BCUT2D eigenvalue weighted by atomic mass is 9.90. The smallest absolute Gasteiger partial charge is 0.222 e. The molecule has 0 amide bonds. The maximum absolute atomic E-state index is 5.87. The minimum Gasteiger partial charge on any atom is -0.368 e. The van der Waals surface area contributed by atoms with Crippen molar-refractivity contribution in [2.24, 2.45) is 10.8 Å². The Labute approximate surface area is 120 Å². The highest BCUT2D eigenvalue weighted by atomic mass is 15.1. The molecule has 0 aliphatic carbocycles. The van der Waals surface area contributed by atoms with E-state index in [-0.39, 0.29) is 10.8 Å². The van der Waals surface area contributed by atoms with Crippen LogP contribution in [0.1, 0.15) is 47.2 Å². The molecular weight excluding hydrogens is 250 g/mol. The topological polar surface area (TPSA) is 69.6 Å². The largest absolute Gasteiger partial charge is 0.368 e. The fourth-order valence-corrected chi connectivity index (χ4v) is 2.27. The van der Waals surface area contributed by atoms with Crippen LogP contribution in [0.25, 0.3) is 11.2 Å². The maximum Gasteiger partial charge on any atom is 0.222 e. The Bertz CT molecular complexity index is 613. The molecule has 5 heteroatoms. The van der Waals surface area contributed by atoms with Crippen molar-refractivity contribution >= 4 is 17.1 Å². The molecule has 2 heterocycles. The summed E-state index contributed by atoms with van der Waals surface area (Å²) in [5.41, 5.74) is 8.83. The second kappa shape index (κ2) is 4.72. The summed E-state index contributed by atoms with van der Waals surface area (Å²) >= 11 is 0. The van der Waals surface area contributed by atoms with Crippen LogP contribution in [0, 0.1) is 10.8 Å². The molecule has 0 spiro atoms. The van der Waals surface area contributed by atoms with Crippen LogP contribution >= 0.6 is 0 Å². The molecule has 0 aliphatic heterocycles. The molecule has 0 saturated heterocycles. The first-order valence-corrected chi connectivity index (χ1v) is 7.02. The molecule has 0 aromatic carbocycles. The summed E-state index contributed by atoms with van der Waals surface area (Å²) in [5, 5.41) is 0. The molecule has 110 valence electrons. The van der Waals surface area contributed by atoms with Crippen molar-refractivity contribution in [3.8, 4) is 0 Å². The SMILES string of the molecule is CC(C)(C)Cc1nc(N)nc2c1ncn2CC(C)(C)C. The predicted molar refractivity (Wildman–Crippen MR) is 82.3 cm³/mol. The number of imidazole rings is 1. The van der Waals surface area contributed by atoms with Gasteiger partial charge in [0, 0.05) is 6.54 Å². The first kappa shape index (κ1) is 14.8. The van der Waals surface area contributed by atoms with Crippen molar-refractivity contribution in [2.75, 3.05) is 5.73 Å². The number of nitrogen functional groups attached to an aromatic ring is 1. The molecule has 20 heavy (non-hydrogen) atoms. The van der Waals surface area contributed by atoms with Gasteiger partial charge in [0.15, 0.2) is 5.65 Å². The van der Waals surface area contributed by atoms with Gasteiger partial charge in [-0.2, -0.15) is 4.98 Å². The molecule has 2 rings (SSSR count). The van der Waals surface area contributed by atoms with Gasteiger partial charge in [-0.1, -0.05) is 41.5 Å². The second-order valence-corrected chi connectivity index (χ2v) is 7.87. The lowest BCUT2D eigenvalue weighted by Crippen LogP contribution is -2.16. The Morgan fingerprint density at radius 3 is 2.25 bits per heavy atom. The fourth-order valence-electron chi connectivity index (χ4n) is 2.27. The summed E-state index contributed by atoms with van der Waals surface area (Å²) in [6, 6.07) is 0. The van der Waals surface area contributed by atoms with E-state index in [0.717, 1.165) is 29.8 Å². The molecule has 2 aromatic heterocycles. The van der Waals surface area contributed by atoms with E-state index in [1.165, 1.54) is 0 Å². The highest BCUT2D eigenvalue weighted by molar-refractivity contribution is 5.74. The van der Waals surface area contributed by atoms with Crippen molar-refractivity contribution in [1.29, 1.82) is 0 Å². The van der Waals surface area contributed by atoms with Crippen LogP contribution in [0.15, 0.2) is 6.33 Å². The molecule has 0 bridgehead atoms. The van der Waals surface area contributed by atoms with E-state index in [1.54, 1.807) is 0 Å². The first-order chi connectivity index (χ1) is 9.05. The summed E-state index contributed by atoms with van der Waals surface area (Å²) in [5.74, 6) is 0.326. The quantitative estimate of drug-likeness (QED) is 0.914. The number of anilines is 1. The summed E-state index contributed by atoms with van der Waals surface area (Å²) in [6.45, 7) is 14.0. The van der Waals surface area contributed by atoms with Gasteiger partial charge in [0.2, 0.25) is 5.95 Å². The minimum absolute atomic E-state index is 0.140. The van der Waals surface area contributed by atoms with E-state index < -0.39 is 0 Å². The van der Waals surface area contributed by atoms with Crippen molar-refractivity contribution in [3.63, 3.8) is 0 Å². The van der Waals surface area contributed by atoms with Crippen LogP contribution in [0.3, 0.4) is 0 Å². The zero-order chi connectivity index (χ0) is 15.1. The van der Waals surface area contributed by atoms with E-state index in [4.69, 9.17) is 5.73 Å². The molecule has 5 nitrogen and oxygen atoms in total.